The van der Waals surface area contributed by atoms with Crippen molar-refractivity contribution in [1.29, 1.82) is 0 Å². The van der Waals surface area contributed by atoms with Crippen molar-refractivity contribution in [3.63, 3.8) is 0 Å². The number of para-hydroxylation sites is 2. The van der Waals surface area contributed by atoms with Gasteiger partial charge in [-0.2, -0.15) is 0 Å². The predicted molar refractivity (Wildman–Crippen MR) is 196 cm³/mol. The number of furan rings is 1. The van der Waals surface area contributed by atoms with E-state index < -0.39 is 0 Å². The van der Waals surface area contributed by atoms with Crippen LogP contribution in [0.4, 0.5) is 21.5 Å². The quantitative estimate of drug-likeness (QED) is 0.194. The van der Waals surface area contributed by atoms with E-state index >= 15 is 0 Å². The van der Waals surface area contributed by atoms with E-state index in [0.29, 0.717) is 0 Å². The summed E-state index contributed by atoms with van der Waals surface area (Å²) in [6, 6.07) is 51.7. The van der Waals surface area contributed by atoms with Crippen molar-refractivity contribution in [3.8, 4) is 5.69 Å². The van der Waals surface area contributed by atoms with Crippen molar-refractivity contribution in [2.45, 2.75) is 0 Å². The Hall–Kier alpha value is -5.91. The maximum atomic E-state index is 14.0. The zero-order valence-corrected chi connectivity index (χ0v) is 25.8. The molecular weight excluding hydrogens is 600 g/mol. The monoisotopic (exact) mass is 624 g/mol. The molecule has 3 nitrogen and oxygen atoms in total. The van der Waals surface area contributed by atoms with Crippen molar-refractivity contribution in [2.75, 3.05) is 4.90 Å². The topological polar surface area (TPSA) is 21.3 Å². The van der Waals surface area contributed by atoms with Crippen molar-refractivity contribution < 1.29 is 8.81 Å². The van der Waals surface area contributed by atoms with Crippen LogP contribution < -0.4 is 4.90 Å². The van der Waals surface area contributed by atoms with Gasteiger partial charge in [-0.3, -0.25) is 0 Å². The molecule has 0 aliphatic rings. The fourth-order valence-electron chi connectivity index (χ4n) is 7.26. The van der Waals surface area contributed by atoms with Gasteiger partial charge in [0.05, 0.1) is 27.8 Å². The number of aromatic nitrogens is 1. The van der Waals surface area contributed by atoms with Crippen LogP contribution in [0.5, 0.6) is 0 Å². The molecule has 0 bridgehead atoms. The molecule has 0 aliphatic carbocycles. The standard InChI is InChI=1S/C42H25FN2OS/c43-26-19-21-27(22-20-26)44-33-12-4-1-9-29(33)32-25-28(23-24-34(32)44)45(35-13-7-16-38-41(35)30-10-2-5-15-37(30)46-38)36-14-8-18-40-42(36)31-11-3-6-17-39(31)47-40/h1-25H. The van der Waals surface area contributed by atoms with E-state index in [1.807, 2.05) is 35.6 Å². The van der Waals surface area contributed by atoms with Crippen LogP contribution in [0.2, 0.25) is 0 Å². The molecule has 0 atom stereocenters. The minimum atomic E-state index is -0.247. The van der Waals surface area contributed by atoms with E-state index in [2.05, 4.69) is 125 Å². The van der Waals surface area contributed by atoms with Crippen molar-refractivity contribution in [3.05, 3.63) is 157 Å². The van der Waals surface area contributed by atoms with Crippen molar-refractivity contribution >= 4 is 92.3 Å². The summed E-state index contributed by atoms with van der Waals surface area (Å²) in [5.74, 6) is -0.247. The van der Waals surface area contributed by atoms with Gasteiger partial charge in [0, 0.05) is 47.7 Å². The molecule has 0 amide bonds. The Labute approximate surface area is 272 Å². The van der Waals surface area contributed by atoms with Crippen LogP contribution in [-0.2, 0) is 0 Å². The molecule has 47 heavy (non-hydrogen) atoms. The van der Waals surface area contributed by atoms with Crippen LogP contribution in [-0.4, -0.2) is 4.57 Å². The van der Waals surface area contributed by atoms with Crippen LogP contribution in [0.3, 0.4) is 0 Å². The maximum Gasteiger partial charge on any atom is 0.137 e. The smallest absolute Gasteiger partial charge is 0.137 e. The first-order valence-corrected chi connectivity index (χ1v) is 16.4. The number of benzene rings is 7. The number of anilines is 3. The highest BCUT2D eigenvalue weighted by Gasteiger charge is 2.23. The van der Waals surface area contributed by atoms with Crippen LogP contribution in [0, 0.1) is 5.82 Å². The summed E-state index contributed by atoms with van der Waals surface area (Å²) in [5.41, 5.74) is 7.99. The number of nitrogens with zero attached hydrogens (tertiary/aromatic N) is 2. The molecule has 5 heteroatoms. The summed E-state index contributed by atoms with van der Waals surface area (Å²) in [4.78, 5) is 2.40. The molecule has 10 aromatic rings. The molecule has 0 spiro atoms. The summed E-state index contributed by atoms with van der Waals surface area (Å²) in [6.07, 6.45) is 0. The van der Waals surface area contributed by atoms with Crippen molar-refractivity contribution in [1.82, 2.24) is 4.57 Å². The summed E-state index contributed by atoms with van der Waals surface area (Å²) in [5, 5.41) is 6.89. The van der Waals surface area contributed by atoms with Gasteiger partial charge in [0.2, 0.25) is 0 Å². The van der Waals surface area contributed by atoms with E-state index in [4.69, 9.17) is 4.42 Å². The molecule has 0 N–H and O–H groups in total. The Bertz CT molecular complexity index is 2710. The number of rotatable bonds is 4. The van der Waals surface area contributed by atoms with E-state index in [1.54, 1.807) is 0 Å². The number of hydrogen-bond donors (Lipinski definition) is 0. The lowest BCUT2D eigenvalue weighted by molar-refractivity contribution is 0.627. The largest absolute Gasteiger partial charge is 0.456 e. The molecule has 0 aliphatic heterocycles. The highest BCUT2D eigenvalue weighted by atomic mass is 32.1. The van der Waals surface area contributed by atoms with Gasteiger partial charge in [-0.1, -0.05) is 66.7 Å². The molecule has 0 radical (unpaired) electrons. The first-order valence-electron chi connectivity index (χ1n) is 15.6. The Morgan fingerprint density at radius 1 is 0.511 bits per heavy atom. The van der Waals surface area contributed by atoms with Crippen molar-refractivity contribution in [2.24, 2.45) is 0 Å². The van der Waals surface area contributed by atoms with Gasteiger partial charge in [-0.05, 0) is 84.9 Å². The average molecular weight is 625 g/mol. The van der Waals surface area contributed by atoms with Crippen LogP contribution in [0.25, 0.3) is 69.6 Å². The molecule has 222 valence electrons. The Morgan fingerprint density at radius 3 is 2.04 bits per heavy atom. The SMILES string of the molecule is Fc1ccc(-n2c3ccccc3c3cc(N(c4cccc5oc6ccccc6c45)c4cccc5sc6ccccc6c45)ccc32)cc1. The molecule has 7 aromatic carbocycles. The molecule has 0 saturated heterocycles. The molecule has 0 saturated carbocycles. The van der Waals surface area contributed by atoms with E-state index in [1.165, 1.54) is 32.3 Å². The zero-order chi connectivity index (χ0) is 31.1. The van der Waals surface area contributed by atoms with Gasteiger partial charge in [-0.15, -0.1) is 11.3 Å². The first-order chi connectivity index (χ1) is 23.2. The lowest BCUT2D eigenvalue weighted by Gasteiger charge is -2.27. The second kappa shape index (κ2) is 10.0. The Balaban J connectivity index is 1.31. The molecule has 0 fully saturated rings. The summed E-state index contributed by atoms with van der Waals surface area (Å²) >= 11 is 1.82. The normalized spacial score (nSPS) is 11.9. The fourth-order valence-corrected chi connectivity index (χ4v) is 8.39. The van der Waals surface area contributed by atoms with Gasteiger partial charge < -0.3 is 13.9 Å². The van der Waals surface area contributed by atoms with Gasteiger partial charge >= 0.3 is 0 Å². The van der Waals surface area contributed by atoms with Gasteiger partial charge in [0.1, 0.15) is 17.0 Å². The van der Waals surface area contributed by atoms with E-state index in [0.717, 1.165) is 66.5 Å². The fraction of sp³-hybridized carbons (Fsp3) is 0. The molecule has 10 rings (SSSR count). The van der Waals surface area contributed by atoms with Gasteiger partial charge in [-0.25, -0.2) is 4.39 Å². The first kappa shape index (κ1) is 26.3. The summed E-state index contributed by atoms with van der Waals surface area (Å²) in [7, 11) is 0. The summed E-state index contributed by atoms with van der Waals surface area (Å²) in [6.45, 7) is 0. The molecule has 3 aromatic heterocycles. The molecule has 3 heterocycles. The highest BCUT2D eigenvalue weighted by molar-refractivity contribution is 7.26. The van der Waals surface area contributed by atoms with Gasteiger partial charge in [0.15, 0.2) is 0 Å². The average Bonchev–Trinajstić information content (AvgIpc) is 3.79. The Morgan fingerprint density at radius 2 is 1.17 bits per heavy atom. The Kier molecular flexibility index (Phi) is 5.63. The number of fused-ring (bicyclic) bond motifs is 9. The van der Waals surface area contributed by atoms with Gasteiger partial charge in [0.25, 0.3) is 0 Å². The van der Waals surface area contributed by atoms with Crippen LogP contribution in [0.1, 0.15) is 0 Å². The third-order valence-electron chi connectivity index (χ3n) is 9.24. The third-order valence-corrected chi connectivity index (χ3v) is 10.4. The third kappa shape index (κ3) is 3.90. The highest BCUT2D eigenvalue weighted by Crippen LogP contribution is 2.48. The maximum absolute atomic E-state index is 14.0. The minimum absolute atomic E-state index is 0.247. The summed E-state index contributed by atoms with van der Waals surface area (Å²) < 4.78 is 25.1. The van der Waals surface area contributed by atoms with E-state index in [9.17, 15) is 4.39 Å². The minimum Gasteiger partial charge on any atom is -0.456 e. The molecular formula is C42H25FN2OS. The zero-order valence-electron chi connectivity index (χ0n) is 25.0. The van der Waals surface area contributed by atoms with E-state index in [-0.39, 0.29) is 5.82 Å². The second-order valence-electron chi connectivity index (χ2n) is 11.9. The lowest BCUT2D eigenvalue weighted by Crippen LogP contribution is -2.10. The predicted octanol–water partition coefficient (Wildman–Crippen LogP) is 12.7. The molecule has 0 unspecified atom stereocenters. The number of halogens is 1. The lowest BCUT2D eigenvalue weighted by atomic mass is 10.0. The number of hydrogen-bond acceptors (Lipinski definition) is 3. The van der Waals surface area contributed by atoms with Crippen LogP contribution in [0.15, 0.2) is 156 Å². The van der Waals surface area contributed by atoms with Crippen LogP contribution >= 0.6 is 11.3 Å². The number of thiophene rings is 1. The second-order valence-corrected chi connectivity index (χ2v) is 12.9.